The Balaban J connectivity index is 1.85. The van der Waals surface area contributed by atoms with Crippen LogP contribution in [-0.2, 0) is 13.6 Å². The van der Waals surface area contributed by atoms with Gasteiger partial charge < -0.3 is 9.80 Å². The first kappa shape index (κ1) is 21.3. The molecule has 8 heteroatoms. The van der Waals surface area contributed by atoms with Gasteiger partial charge >= 0.3 is 0 Å². The lowest BCUT2D eigenvalue weighted by atomic mass is 10.1. The third kappa shape index (κ3) is 4.58. The molecule has 0 saturated heterocycles. The van der Waals surface area contributed by atoms with Crippen LogP contribution in [0.15, 0.2) is 30.3 Å². The molecule has 1 amide bonds. The van der Waals surface area contributed by atoms with Crippen molar-refractivity contribution < 1.29 is 4.79 Å². The van der Waals surface area contributed by atoms with Gasteiger partial charge in [0, 0.05) is 37.9 Å². The van der Waals surface area contributed by atoms with E-state index in [1.165, 1.54) is 0 Å². The molecule has 0 bridgehead atoms. The van der Waals surface area contributed by atoms with Crippen molar-refractivity contribution in [3.63, 3.8) is 0 Å². The summed E-state index contributed by atoms with van der Waals surface area (Å²) in [4.78, 5) is 17.1. The smallest absolute Gasteiger partial charge is 0.272 e. The lowest BCUT2D eigenvalue weighted by Crippen LogP contribution is -2.36. The zero-order valence-electron chi connectivity index (χ0n) is 18.1. The van der Waals surface area contributed by atoms with Crippen LogP contribution in [0, 0.1) is 25.2 Å². The standard InChI is InChI=1S/C22H27N7O/c1-15-21(16(2)28(5)26-15)19-12-20(25-24-19)22(30)29(11-10-27(3)4)14-18-8-6-17(13-23)7-9-18/h6-9,12H,10-11,14H2,1-5H3,(H,24,25). The SMILES string of the molecule is Cc1nn(C)c(C)c1-c1cc(C(=O)N(CCN(C)C)Cc2ccc(C#N)cc2)[nH]n1. The second-order valence-corrected chi connectivity index (χ2v) is 7.67. The van der Waals surface area contributed by atoms with Crippen LogP contribution >= 0.6 is 0 Å². The number of amides is 1. The van der Waals surface area contributed by atoms with Gasteiger partial charge in [0.1, 0.15) is 5.69 Å². The molecule has 0 spiro atoms. The molecule has 8 nitrogen and oxygen atoms in total. The fourth-order valence-electron chi connectivity index (χ4n) is 3.35. The minimum atomic E-state index is -0.112. The Morgan fingerprint density at radius 2 is 1.90 bits per heavy atom. The van der Waals surface area contributed by atoms with Crippen molar-refractivity contribution in [3.05, 3.63) is 58.5 Å². The number of benzene rings is 1. The lowest BCUT2D eigenvalue weighted by molar-refractivity contribution is 0.0726. The average molecular weight is 406 g/mol. The van der Waals surface area contributed by atoms with E-state index in [0.29, 0.717) is 30.0 Å². The van der Waals surface area contributed by atoms with Crippen molar-refractivity contribution in [1.82, 2.24) is 29.8 Å². The number of nitrogens with zero attached hydrogens (tertiary/aromatic N) is 6. The molecule has 0 atom stereocenters. The largest absolute Gasteiger partial charge is 0.332 e. The first-order valence-corrected chi connectivity index (χ1v) is 9.79. The molecule has 0 aliphatic heterocycles. The van der Waals surface area contributed by atoms with Crippen LogP contribution in [0.4, 0.5) is 0 Å². The summed E-state index contributed by atoms with van der Waals surface area (Å²) < 4.78 is 1.81. The third-order valence-corrected chi connectivity index (χ3v) is 5.13. The van der Waals surface area contributed by atoms with Crippen molar-refractivity contribution in [2.75, 3.05) is 27.2 Å². The highest BCUT2D eigenvalue weighted by molar-refractivity contribution is 5.93. The summed E-state index contributed by atoms with van der Waals surface area (Å²) in [7, 11) is 5.85. The summed E-state index contributed by atoms with van der Waals surface area (Å²) >= 11 is 0. The van der Waals surface area contributed by atoms with E-state index in [2.05, 4.69) is 21.4 Å². The number of carbonyl (C=O) groups is 1. The Bertz CT molecular complexity index is 1070. The highest BCUT2D eigenvalue weighted by atomic mass is 16.2. The van der Waals surface area contributed by atoms with Gasteiger partial charge in [-0.15, -0.1) is 0 Å². The second kappa shape index (κ2) is 8.93. The van der Waals surface area contributed by atoms with E-state index in [0.717, 1.165) is 29.1 Å². The van der Waals surface area contributed by atoms with Gasteiger partial charge in [-0.05, 0) is 51.7 Å². The molecule has 156 valence electrons. The maximum Gasteiger partial charge on any atom is 0.272 e. The number of hydrogen-bond acceptors (Lipinski definition) is 5. The molecular formula is C22H27N7O. The van der Waals surface area contributed by atoms with Gasteiger partial charge in [-0.3, -0.25) is 14.6 Å². The van der Waals surface area contributed by atoms with Crippen LogP contribution in [0.1, 0.15) is 33.0 Å². The normalized spacial score (nSPS) is 11.0. The van der Waals surface area contributed by atoms with Crippen LogP contribution in [0.5, 0.6) is 0 Å². The number of nitrogens with one attached hydrogen (secondary N) is 1. The van der Waals surface area contributed by atoms with Crippen molar-refractivity contribution in [1.29, 1.82) is 5.26 Å². The fraction of sp³-hybridized carbons (Fsp3) is 0.364. The van der Waals surface area contributed by atoms with Gasteiger partial charge in [0.2, 0.25) is 0 Å². The number of hydrogen-bond donors (Lipinski definition) is 1. The molecule has 0 saturated carbocycles. The third-order valence-electron chi connectivity index (χ3n) is 5.13. The Morgan fingerprint density at radius 1 is 1.20 bits per heavy atom. The zero-order chi connectivity index (χ0) is 21.8. The molecule has 0 radical (unpaired) electrons. The summed E-state index contributed by atoms with van der Waals surface area (Å²) in [5.74, 6) is -0.112. The van der Waals surface area contributed by atoms with E-state index in [9.17, 15) is 4.79 Å². The molecule has 0 aliphatic carbocycles. The number of H-pyrrole nitrogens is 1. The number of carbonyl (C=O) groups excluding carboxylic acids is 1. The molecule has 3 rings (SSSR count). The molecule has 3 aromatic rings. The van der Waals surface area contributed by atoms with E-state index >= 15 is 0 Å². The van der Waals surface area contributed by atoms with Gasteiger partial charge in [0.25, 0.3) is 5.91 Å². The van der Waals surface area contributed by atoms with E-state index in [1.54, 1.807) is 23.1 Å². The number of rotatable bonds is 7. The Kier molecular flexibility index (Phi) is 6.33. The van der Waals surface area contributed by atoms with E-state index in [1.807, 2.05) is 56.7 Å². The van der Waals surface area contributed by atoms with Gasteiger partial charge in [0.05, 0.1) is 23.0 Å². The summed E-state index contributed by atoms with van der Waals surface area (Å²) in [6, 6.07) is 11.2. The number of aromatic nitrogens is 4. The molecule has 2 heterocycles. The molecule has 0 fully saturated rings. The number of nitriles is 1. The van der Waals surface area contributed by atoms with Gasteiger partial charge in [-0.25, -0.2) is 0 Å². The van der Waals surface area contributed by atoms with Crippen LogP contribution in [0.25, 0.3) is 11.3 Å². The topological polar surface area (TPSA) is 93.8 Å². The number of aryl methyl sites for hydroxylation is 2. The summed E-state index contributed by atoms with van der Waals surface area (Å²) in [5.41, 5.74) is 5.56. The predicted octanol–water partition coefficient (Wildman–Crippen LogP) is 2.50. The molecule has 30 heavy (non-hydrogen) atoms. The Hall–Kier alpha value is -3.44. The van der Waals surface area contributed by atoms with Crippen molar-refractivity contribution >= 4 is 5.91 Å². The van der Waals surface area contributed by atoms with Crippen molar-refractivity contribution in [2.45, 2.75) is 20.4 Å². The highest BCUT2D eigenvalue weighted by Crippen LogP contribution is 2.25. The quantitative estimate of drug-likeness (QED) is 0.652. The first-order chi connectivity index (χ1) is 14.3. The maximum absolute atomic E-state index is 13.3. The maximum atomic E-state index is 13.3. The van der Waals surface area contributed by atoms with Crippen LogP contribution in [-0.4, -0.2) is 62.9 Å². The van der Waals surface area contributed by atoms with Crippen LogP contribution < -0.4 is 0 Å². The van der Waals surface area contributed by atoms with E-state index in [4.69, 9.17) is 5.26 Å². The minimum Gasteiger partial charge on any atom is -0.332 e. The number of likely N-dealkylation sites (N-methyl/N-ethyl adjacent to an activating group) is 1. The van der Waals surface area contributed by atoms with Gasteiger partial charge in [-0.1, -0.05) is 12.1 Å². The van der Waals surface area contributed by atoms with E-state index in [-0.39, 0.29) is 5.91 Å². The second-order valence-electron chi connectivity index (χ2n) is 7.67. The molecule has 1 aromatic carbocycles. The van der Waals surface area contributed by atoms with Crippen LogP contribution in [0.3, 0.4) is 0 Å². The highest BCUT2D eigenvalue weighted by Gasteiger charge is 2.21. The van der Waals surface area contributed by atoms with E-state index < -0.39 is 0 Å². The minimum absolute atomic E-state index is 0.112. The number of aromatic amines is 1. The molecule has 0 unspecified atom stereocenters. The Labute approximate surface area is 176 Å². The summed E-state index contributed by atoms with van der Waals surface area (Å²) in [5, 5.41) is 20.7. The monoisotopic (exact) mass is 405 g/mol. The molecule has 0 aliphatic rings. The van der Waals surface area contributed by atoms with Crippen LogP contribution in [0.2, 0.25) is 0 Å². The lowest BCUT2D eigenvalue weighted by Gasteiger charge is -2.24. The van der Waals surface area contributed by atoms with Gasteiger partial charge in [0.15, 0.2) is 0 Å². The summed E-state index contributed by atoms with van der Waals surface area (Å²) in [6.07, 6.45) is 0. The van der Waals surface area contributed by atoms with Crippen molar-refractivity contribution in [3.8, 4) is 17.3 Å². The summed E-state index contributed by atoms with van der Waals surface area (Å²) in [6.45, 7) is 5.69. The zero-order valence-corrected chi connectivity index (χ0v) is 18.1. The average Bonchev–Trinajstić information content (AvgIpc) is 3.29. The molecule has 2 aromatic heterocycles. The van der Waals surface area contributed by atoms with Crippen molar-refractivity contribution in [2.24, 2.45) is 7.05 Å². The van der Waals surface area contributed by atoms with Gasteiger partial charge in [-0.2, -0.15) is 15.5 Å². The molecule has 1 N–H and O–H groups in total. The predicted molar refractivity (Wildman–Crippen MR) is 115 cm³/mol. The Morgan fingerprint density at radius 3 is 2.47 bits per heavy atom. The molecular weight excluding hydrogens is 378 g/mol. The fourth-order valence-corrected chi connectivity index (χ4v) is 3.35. The first-order valence-electron chi connectivity index (χ1n) is 9.79.